The first-order chi connectivity index (χ1) is 8.67. The molecule has 0 saturated carbocycles. The van der Waals surface area contributed by atoms with Gasteiger partial charge < -0.3 is 20.8 Å². The van der Waals surface area contributed by atoms with Gasteiger partial charge in [0, 0.05) is 13.0 Å². The summed E-state index contributed by atoms with van der Waals surface area (Å²) in [6, 6.07) is 2.83. The maximum Gasteiger partial charge on any atom is 0.261 e. The van der Waals surface area contributed by atoms with Gasteiger partial charge in [0.05, 0.1) is 24.1 Å². The minimum Gasteiger partial charge on any atom is -0.394 e. The van der Waals surface area contributed by atoms with Gasteiger partial charge in [-0.2, -0.15) is 0 Å². The Morgan fingerprint density at radius 2 is 2.06 bits per heavy atom. The van der Waals surface area contributed by atoms with E-state index in [4.69, 9.17) is 10.2 Å². The fourth-order valence-corrected chi connectivity index (χ4v) is 1.87. The largest absolute Gasteiger partial charge is 0.394 e. The molecule has 4 N–H and O–H groups in total. The van der Waals surface area contributed by atoms with E-state index < -0.39 is 6.04 Å². The first-order valence-corrected chi connectivity index (χ1v) is 6.38. The first kappa shape index (κ1) is 14.6. The van der Waals surface area contributed by atoms with Crippen LogP contribution in [0.4, 0.5) is 0 Å². The number of aliphatic hydroxyl groups excluding tert-OH is 2. The number of nitrogens with one attached hydrogen (secondary N) is 2. The zero-order valence-electron chi connectivity index (χ0n) is 9.76. The molecule has 2 amide bonds. The Morgan fingerprint density at radius 3 is 2.61 bits per heavy atom. The standard InChI is InChI=1S/C11H16N2O4S/c14-6-8(7-15)13-10(16)3-4-12-11(17)9-2-1-5-18-9/h1-2,5,8,14-15H,3-4,6-7H2,(H,12,17)(H,13,16). The highest BCUT2D eigenvalue weighted by Crippen LogP contribution is 2.07. The molecule has 0 saturated heterocycles. The van der Waals surface area contributed by atoms with E-state index in [1.165, 1.54) is 11.3 Å². The summed E-state index contributed by atoms with van der Waals surface area (Å²) in [5.41, 5.74) is 0. The lowest BCUT2D eigenvalue weighted by Crippen LogP contribution is -2.41. The van der Waals surface area contributed by atoms with Crippen molar-refractivity contribution in [2.45, 2.75) is 12.5 Å². The fraction of sp³-hybridized carbons (Fsp3) is 0.455. The second kappa shape index (κ2) is 7.80. The molecule has 1 heterocycles. The number of thiophene rings is 1. The summed E-state index contributed by atoms with van der Waals surface area (Å²) < 4.78 is 0. The maximum atomic E-state index is 11.5. The molecule has 6 nitrogen and oxygen atoms in total. The monoisotopic (exact) mass is 272 g/mol. The molecule has 1 rings (SSSR count). The van der Waals surface area contributed by atoms with Gasteiger partial charge in [-0.25, -0.2) is 0 Å². The third-order valence-electron chi connectivity index (χ3n) is 2.19. The van der Waals surface area contributed by atoms with Crippen molar-refractivity contribution in [3.63, 3.8) is 0 Å². The van der Waals surface area contributed by atoms with Crippen molar-refractivity contribution in [2.24, 2.45) is 0 Å². The van der Waals surface area contributed by atoms with Crippen molar-refractivity contribution in [2.75, 3.05) is 19.8 Å². The van der Waals surface area contributed by atoms with Crippen molar-refractivity contribution in [3.05, 3.63) is 22.4 Å². The van der Waals surface area contributed by atoms with Gasteiger partial charge in [-0.15, -0.1) is 11.3 Å². The molecular weight excluding hydrogens is 256 g/mol. The Hall–Kier alpha value is -1.44. The number of carbonyl (C=O) groups excluding carboxylic acids is 2. The summed E-state index contributed by atoms with van der Waals surface area (Å²) in [5, 5.41) is 24.4. The number of aliphatic hydroxyl groups is 2. The van der Waals surface area contributed by atoms with Gasteiger partial charge in [-0.3, -0.25) is 9.59 Å². The lowest BCUT2D eigenvalue weighted by molar-refractivity contribution is -0.122. The lowest BCUT2D eigenvalue weighted by atomic mass is 10.3. The van der Waals surface area contributed by atoms with Crippen molar-refractivity contribution < 1.29 is 19.8 Å². The van der Waals surface area contributed by atoms with Crippen LogP contribution < -0.4 is 10.6 Å². The van der Waals surface area contributed by atoms with E-state index in [2.05, 4.69) is 10.6 Å². The molecule has 0 unspecified atom stereocenters. The van der Waals surface area contributed by atoms with Gasteiger partial charge in [-0.05, 0) is 11.4 Å². The number of hydrogen-bond donors (Lipinski definition) is 4. The molecule has 0 aliphatic rings. The number of amides is 2. The summed E-state index contributed by atoms with van der Waals surface area (Å²) in [4.78, 5) is 23.5. The molecule has 0 aromatic carbocycles. The predicted octanol–water partition coefficient (Wildman–Crippen LogP) is -0.663. The molecule has 1 aromatic rings. The van der Waals surface area contributed by atoms with Crippen LogP contribution in [-0.4, -0.2) is 47.8 Å². The van der Waals surface area contributed by atoms with E-state index >= 15 is 0 Å². The van der Waals surface area contributed by atoms with Gasteiger partial charge >= 0.3 is 0 Å². The fourth-order valence-electron chi connectivity index (χ4n) is 1.23. The molecule has 0 aliphatic heterocycles. The highest BCUT2D eigenvalue weighted by Gasteiger charge is 2.11. The van der Waals surface area contributed by atoms with Crippen molar-refractivity contribution in [1.29, 1.82) is 0 Å². The van der Waals surface area contributed by atoms with Crippen LogP contribution in [0.2, 0.25) is 0 Å². The average molecular weight is 272 g/mol. The molecule has 100 valence electrons. The Balaban J connectivity index is 2.21. The van der Waals surface area contributed by atoms with Crippen LogP contribution in [-0.2, 0) is 4.79 Å². The number of hydrogen-bond acceptors (Lipinski definition) is 5. The molecule has 18 heavy (non-hydrogen) atoms. The van der Waals surface area contributed by atoms with Gasteiger partial charge in [0.25, 0.3) is 5.91 Å². The Labute approximate surface area is 109 Å². The van der Waals surface area contributed by atoms with Gasteiger partial charge in [0.2, 0.25) is 5.91 Å². The van der Waals surface area contributed by atoms with E-state index in [0.29, 0.717) is 4.88 Å². The number of rotatable bonds is 7. The maximum absolute atomic E-state index is 11.5. The third-order valence-corrected chi connectivity index (χ3v) is 3.06. The van der Waals surface area contributed by atoms with Crippen molar-refractivity contribution in [1.82, 2.24) is 10.6 Å². The molecule has 0 aliphatic carbocycles. The average Bonchev–Trinajstić information content (AvgIpc) is 2.89. The van der Waals surface area contributed by atoms with Crippen LogP contribution >= 0.6 is 11.3 Å². The van der Waals surface area contributed by atoms with Crippen molar-refractivity contribution in [3.8, 4) is 0 Å². The second-order valence-corrected chi connectivity index (χ2v) is 4.56. The van der Waals surface area contributed by atoms with Crippen molar-refractivity contribution >= 4 is 23.2 Å². The Bertz CT molecular complexity index is 376. The highest BCUT2D eigenvalue weighted by molar-refractivity contribution is 7.12. The smallest absolute Gasteiger partial charge is 0.261 e. The second-order valence-electron chi connectivity index (χ2n) is 3.61. The summed E-state index contributed by atoms with van der Waals surface area (Å²) in [6.45, 7) is -0.417. The molecule has 1 aromatic heterocycles. The van der Waals surface area contributed by atoms with E-state index in [0.717, 1.165) is 0 Å². The van der Waals surface area contributed by atoms with E-state index in [9.17, 15) is 9.59 Å². The quantitative estimate of drug-likeness (QED) is 0.529. The van der Waals surface area contributed by atoms with Crippen LogP contribution in [0.15, 0.2) is 17.5 Å². The molecule has 7 heteroatoms. The predicted molar refractivity (Wildman–Crippen MR) is 67.4 cm³/mol. The molecule has 0 spiro atoms. The summed E-state index contributed by atoms with van der Waals surface area (Å²) >= 11 is 1.33. The SMILES string of the molecule is O=C(CCNC(=O)c1cccs1)NC(CO)CO. The molecule has 0 fully saturated rings. The minimum atomic E-state index is -0.648. The van der Waals surface area contributed by atoms with E-state index in [1.54, 1.807) is 17.5 Å². The van der Waals surface area contributed by atoms with Crippen LogP contribution in [0.3, 0.4) is 0 Å². The third kappa shape index (κ3) is 4.82. The van der Waals surface area contributed by atoms with Crippen LogP contribution in [0.1, 0.15) is 16.1 Å². The van der Waals surface area contributed by atoms with Gasteiger partial charge in [0.1, 0.15) is 0 Å². The van der Waals surface area contributed by atoms with E-state index in [-0.39, 0.29) is 38.0 Å². The molecule has 0 bridgehead atoms. The summed E-state index contributed by atoms with van der Waals surface area (Å²) in [5.74, 6) is -0.534. The normalized spacial score (nSPS) is 10.4. The summed E-state index contributed by atoms with van der Waals surface area (Å²) in [7, 11) is 0. The molecule has 0 radical (unpaired) electrons. The zero-order chi connectivity index (χ0) is 13.4. The lowest BCUT2D eigenvalue weighted by Gasteiger charge is -2.13. The molecular formula is C11H16N2O4S. The highest BCUT2D eigenvalue weighted by atomic mass is 32.1. The van der Waals surface area contributed by atoms with Crippen LogP contribution in [0.5, 0.6) is 0 Å². The van der Waals surface area contributed by atoms with Crippen LogP contribution in [0.25, 0.3) is 0 Å². The zero-order valence-corrected chi connectivity index (χ0v) is 10.6. The van der Waals surface area contributed by atoms with Crippen LogP contribution in [0, 0.1) is 0 Å². The topological polar surface area (TPSA) is 98.7 Å². The van der Waals surface area contributed by atoms with E-state index in [1.807, 2.05) is 0 Å². The Kier molecular flexibility index (Phi) is 6.34. The minimum absolute atomic E-state index is 0.105. The Morgan fingerprint density at radius 1 is 1.33 bits per heavy atom. The van der Waals surface area contributed by atoms with Gasteiger partial charge in [0.15, 0.2) is 0 Å². The summed E-state index contributed by atoms with van der Waals surface area (Å²) in [6.07, 6.45) is 0.105. The van der Waals surface area contributed by atoms with Gasteiger partial charge in [-0.1, -0.05) is 6.07 Å². The molecule has 0 atom stereocenters. The first-order valence-electron chi connectivity index (χ1n) is 5.50. The number of carbonyl (C=O) groups is 2.